The summed E-state index contributed by atoms with van der Waals surface area (Å²) in [7, 11) is 1.52. The van der Waals surface area contributed by atoms with E-state index >= 15 is 0 Å². The first-order valence-electron chi connectivity index (χ1n) is 8.42. The van der Waals surface area contributed by atoms with Gasteiger partial charge in [-0.2, -0.15) is 0 Å². The van der Waals surface area contributed by atoms with E-state index in [-0.39, 0.29) is 24.0 Å². The summed E-state index contributed by atoms with van der Waals surface area (Å²) in [4.78, 5) is 37.6. The first-order valence-corrected chi connectivity index (χ1v) is 8.42. The van der Waals surface area contributed by atoms with E-state index in [9.17, 15) is 19.5 Å². The van der Waals surface area contributed by atoms with Gasteiger partial charge in [-0.25, -0.2) is 4.79 Å². The Morgan fingerprint density at radius 3 is 2.68 bits per heavy atom. The van der Waals surface area contributed by atoms with E-state index in [0.717, 1.165) is 12.8 Å². The van der Waals surface area contributed by atoms with Crippen molar-refractivity contribution < 1.29 is 24.2 Å². The second-order valence-corrected chi connectivity index (χ2v) is 6.10. The van der Waals surface area contributed by atoms with Crippen LogP contribution in [0.15, 0.2) is 18.2 Å². The lowest BCUT2D eigenvalue weighted by Crippen LogP contribution is -2.49. The molecule has 1 aromatic carbocycles. The van der Waals surface area contributed by atoms with Crippen LogP contribution in [-0.4, -0.2) is 47.5 Å². The number of carboxylic acids is 1. The molecule has 1 aliphatic rings. The molecular weight excluding hydrogens is 324 g/mol. The number of amides is 2. The number of hydrogen-bond acceptors (Lipinski definition) is 4. The lowest BCUT2D eigenvalue weighted by Gasteiger charge is -2.34. The molecule has 1 atom stereocenters. The van der Waals surface area contributed by atoms with Crippen molar-refractivity contribution in [3.8, 4) is 0 Å². The smallest absolute Gasteiger partial charge is 0.335 e. The summed E-state index contributed by atoms with van der Waals surface area (Å²) >= 11 is 0. The first-order chi connectivity index (χ1) is 12.0. The van der Waals surface area contributed by atoms with Gasteiger partial charge < -0.3 is 20.1 Å². The minimum absolute atomic E-state index is 0.0424. The summed E-state index contributed by atoms with van der Waals surface area (Å²) in [5.41, 5.74) is 1.13. The molecule has 0 bridgehead atoms. The molecule has 0 radical (unpaired) electrons. The van der Waals surface area contributed by atoms with E-state index in [1.165, 1.54) is 19.2 Å². The van der Waals surface area contributed by atoms with Crippen molar-refractivity contribution in [2.75, 3.05) is 19.0 Å². The number of piperidine rings is 1. The van der Waals surface area contributed by atoms with Crippen LogP contribution in [0.25, 0.3) is 0 Å². The molecule has 1 fully saturated rings. The standard InChI is InChI=1S/C18H24N2O5/c1-3-16(21)20-7-5-4-6-15(20)17(22)19-14-9-12(11-25-2)8-13(10-14)18(23)24/h8-10,15H,3-7,11H2,1-2H3,(H,19,22)(H,23,24). The third-order valence-electron chi connectivity index (χ3n) is 4.25. The maximum Gasteiger partial charge on any atom is 0.335 e. The minimum Gasteiger partial charge on any atom is -0.478 e. The number of carbonyl (C=O) groups excluding carboxylic acids is 2. The van der Waals surface area contributed by atoms with Gasteiger partial charge in [-0.05, 0) is 43.0 Å². The molecule has 7 heteroatoms. The Labute approximate surface area is 147 Å². The molecule has 0 saturated carbocycles. The quantitative estimate of drug-likeness (QED) is 0.822. The molecule has 1 aromatic rings. The number of rotatable bonds is 6. The molecule has 1 unspecified atom stereocenters. The third kappa shape index (κ3) is 4.79. The highest BCUT2D eigenvalue weighted by atomic mass is 16.5. The van der Waals surface area contributed by atoms with Gasteiger partial charge in [0, 0.05) is 25.8 Å². The average molecular weight is 348 g/mol. The molecular formula is C18H24N2O5. The summed E-state index contributed by atoms with van der Waals surface area (Å²) in [6.45, 7) is 2.60. The van der Waals surface area contributed by atoms with Crippen molar-refractivity contribution in [3.05, 3.63) is 29.3 Å². The van der Waals surface area contributed by atoms with Crippen molar-refractivity contribution in [2.45, 2.75) is 45.3 Å². The van der Waals surface area contributed by atoms with Crippen LogP contribution in [0.3, 0.4) is 0 Å². The Morgan fingerprint density at radius 1 is 1.28 bits per heavy atom. The fraction of sp³-hybridized carbons (Fsp3) is 0.500. The minimum atomic E-state index is -1.08. The summed E-state index contributed by atoms with van der Waals surface area (Å²) < 4.78 is 5.04. The van der Waals surface area contributed by atoms with Crippen molar-refractivity contribution >= 4 is 23.5 Å². The van der Waals surface area contributed by atoms with Crippen molar-refractivity contribution in [2.24, 2.45) is 0 Å². The highest BCUT2D eigenvalue weighted by Crippen LogP contribution is 2.21. The zero-order valence-electron chi connectivity index (χ0n) is 14.6. The predicted octanol–water partition coefficient (Wildman–Crippen LogP) is 2.26. The van der Waals surface area contributed by atoms with E-state index in [4.69, 9.17) is 4.74 Å². The Kier molecular flexibility index (Phi) is 6.52. The number of benzene rings is 1. The highest BCUT2D eigenvalue weighted by molar-refractivity contribution is 5.98. The van der Waals surface area contributed by atoms with Gasteiger partial charge in [0.25, 0.3) is 0 Å². The number of methoxy groups -OCH3 is 1. The maximum atomic E-state index is 12.7. The van der Waals surface area contributed by atoms with E-state index in [2.05, 4.69) is 5.32 Å². The number of nitrogens with zero attached hydrogens (tertiary/aromatic N) is 1. The van der Waals surface area contributed by atoms with Crippen LogP contribution in [0.5, 0.6) is 0 Å². The second-order valence-electron chi connectivity index (χ2n) is 6.10. The molecule has 0 spiro atoms. The molecule has 25 heavy (non-hydrogen) atoms. The summed E-state index contributed by atoms with van der Waals surface area (Å²) in [6, 6.07) is 4.09. The van der Waals surface area contributed by atoms with Crippen LogP contribution < -0.4 is 5.32 Å². The molecule has 2 amide bonds. The summed E-state index contributed by atoms with van der Waals surface area (Å²) in [5.74, 6) is -1.40. The Morgan fingerprint density at radius 2 is 2.04 bits per heavy atom. The lowest BCUT2D eigenvalue weighted by molar-refractivity contribution is -0.140. The molecule has 1 heterocycles. The van der Waals surface area contributed by atoms with Crippen LogP contribution in [0.2, 0.25) is 0 Å². The Bertz CT molecular complexity index is 659. The van der Waals surface area contributed by atoms with Crippen LogP contribution >= 0.6 is 0 Å². The van der Waals surface area contributed by atoms with Crippen LogP contribution in [-0.2, 0) is 20.9 Å². The SMILES string of the molecule is CCC(=O)N1CCCCC1C(=O)Nc1cc(COC)cc(C(=O)O)c1. The fourth-order valence-electron chi connectivity index (χ4n) is 3.07. The molecule has 0 aliphatic carbocycles. The molecule has 136 valence electrons. The Hall–Kier alpha value is -2.41. The average Bonchev–Trinajstić information content (AvgIpc) is 2.61. The van der Waals surface area contributed by atoms with Gasteiger partial charge in [-0.15, -0.1) is 0 Å². The topological polar surface area (TPSA) is 95.9 Å². The van der Waals surface area contributed by atoms with Crippen molar-refractivity contribution in [3.63, 3.8) is 0 Å². The number of hydrogen-bond donors (Lipinski definition) is 2. The van der Waals surface area contributed by atoms with Gasteiger partial charge in [0.15, 0.2) is 0 Å². The maximum absolute atomic E-state index is 12.7. The van der Waals surface area contributed by atoms with Gasteiger partial charge in [-0.1, -0.05) is 6.92 Å². The number of carboxylic acid groups (broad SMARTS) is 1. The second kappa shape index (κ2) is 8.62. The van der Waals surface area contributed by atoms with Gasteiger partial charge in [0.05, 0.1) is 12.2 Å². The number of nitrogens with one attached hydrogen (secondary N) is 1. The van der Waals surface area contributed by atoms with Gasteiger partial charge >= 0.3 is 5.97 Å². The zero-order chi connectivity index (χ0) is 18.4. The largest absolute Gasteiger partial charge is 0.478 e. The van der Waals surface area contributed by atoms with E-state index in [1.807, 2.05) is 0 Å². The summed E-state index contributed by atoms with van der Waals surface area (Å²) in [5, 5.41) is 12.0. The number of aromatic carboxylic acids is 1. The number of carbonyl (C=O) groups is 3. The number of anilines is 1. The monoisotopic (exact) mass is 348 g/mol. The fourth-order valence-corrected chi connectivity index (χ4v) is 3.07. The van der Waals surface area contributed by atoms with Crippen LogP contribution in [0.1, 0.15) is 48.5 Å². The van der Waals surface area contributed by atoms with E-state index < -0.39 is 12.0 Å². The Balaban J connectivity index is 2.20. The van der Waals surface area contributed by atoms with Crippen molar-refractivity contribution in [1.82, 2.24) is 4.90 Å². The number of likely N-dealkylation sites (tertiary alicyclic amines) is 1. The molecule has 1 aliphatic heterocycles. The highest BCUT2D eigenvalue weighted by Gasteiger charge is 2.31. The molecule has 7 nitrogen and oxygen atoms in total. The molecule has 0 aromatic heterocycles. The molecule has 2 rings (SSSR count). The van der Waals surface area contributed by atoms with Crippen molar-refractivity contribution in [1.29, 1.82) is 0 Å². The van der Waals surface area contributed by atoms with Gasteiger partial charge in [0.2, 0.25) is 11.8 Å². The van der Waals surface area contributed by atoms with Crippen LogP contribution in [0.4, 0.5) is 5.69 Å². The number of ether oxygens (including phenoxy) is 1. The van der Waals surface area contributed by atoms with Gasteiger partial charge in [0.1, 0.15) is 6.04 Å². The van der Waals surface area contributed by atoms with E-state index in [1.54, 1.807) is 17.9 Å². The van der Waals surface area contributed by atoms with E-state index in [0.29, 0.717) is 30.6 Å². The van der Waals surface area contributed by atoms with Crippen LogP contribution in [0, 0.1) is 0 Å². The summed E-state index contributed by atoms with van der Waals surface area (Å²) in [6.07, 6.45) is 2.75. The third-order valence-corrected chi connectivity index (χ3v) is 4.25. The van der Waals surface area contributed by atoms with Gasteiger partial charge in [-0.3, -0.25) is 9.59 Å². The molecule has 1 saturated heterocycles. The molecule has 2 N–H and O–H groups in total. The first kappa shape index (κ1) is 18.9. The lowest BCUT2D eigenvalue weighted by atomic mass is 10.0. The predicted molar refractivity (Wildman–Crippen MR) is 92.4 cm³/mol. The zero-order valence-corrected chi connectivity index (χ0v) is 14.6. The normalized spacial score (nSPS) is 17.2.